The first-order chi connectivity index (χ1) is 8.29. The van der Waals surface area contributed by atoms with Crippen LogP contribution in [-0.2, 0) is 11.2 Å². The fourth-order valence-corrected chi connectivity index (χ4v) is 2.28. The summed E-state index contributed by atoms with van der Waals surface area (Å²) >= 11 is 3.53. The van der Waals surface area contributed by atoms with Crippen molar-refractivity contribution in [2.45, 2.75) is 19.3 Å². The van der Waals surface area contributed by atoms with E-state index in [0.717, 1.165) is 23.4 Å². The van der Waals surface area contributed by atoms with Gasteiger partial charge >= 0.3 is 0 Å². The Morgan fingerprint density at radius 3 is 2.76 bits per heavy atom. The van der Waals surface area contributed by atoms with Crippen LogP contribution in [-0.4, -0.2) is 24.9 Å². The van der Waals surface area contributed by atoms with Gasteiger partial charge in [-0.25, -0.2) is 0 Å². The lowest BCUT2D eigenvalue weighted by atomic mass is 10.0. The number of hydrogen-bond acceptors (Lipinski definition) is 2. The van der Waals surface area contributed by atoms with Crippen molar-refractivity contribution in [2.24, 2.45) is 11.8 Å². The molecule has 0 radical (unpaired) electrons. The summed E-state index contributed by atoms with van der Waals surface area (Å²) in [6, 6.07) is 8.16. The quantitative estimate of drug-likeness (QED) is 0.838. The van der Waals surface area contributed by atoms with E-state index in [1.54, 1.807) is 0 Å². The van der Waals surface area contributed by atoms with Crippen molar-refractivity contribution in [1.82, 2.24) is 0 Å². The average molecular weight is 299 g/mol. The number of hydrogen-bond donors (Lipinski definition) is 1. The van der Waals surface area contributed by atoms with Gasteiger partial charge in [-0.15, -0.1) is 0 Å². The molecule has 17 heavy (non-hydrogen) atoms. The highest BCUT2D eigenvalue weighted by Crippen LogP contribution is 2.29. The molecule has 1 aromatic rings. The molecule has 94 valence electrons. The molecule has 0 aromatic heterocycles. The lowest BCUT2D eigenvalue weighted by Gasteiger charge is -2.15. The number of aliphatic hydroxyl groups is 1. The zero-order valence-corrected chi connectivity index (χ0v) is 11.5. The Hall–Kier alpha value is -0.380. The topological polar surface area (TPSA) is 29.5 Å². The van der Waals surface area contributed by atoms with E-state index in [1.807, 2.05) is 18.2 Å². The highest BCUT2D eigenvalue weighted by Gasteiger charge is 2.21. The van der Waals surface area contributed by atoms with Gasteiger partial charge in [0.05, 0.1) is 6.61 Å². The number of benzene rings is 1. The lowest BCUT2D eigenvalue weighted by Crippen LogP contribution is -2.17. The molecule has 1 atom stereocenters. The van der Waals surface area contributed by atoms with Crippen molar-refractivity contribution in [1.29, 1.82) is 0 Å². The van der Waals surface area contributed by atoms with Crippen LogP contribution in [0.5, 0.6) is 0 Å². The summed E-state index contributed by atoms with van der Waals surface area (Å²) in [5.41, 5.74) is 1.24. The van der Waals surface area contributed by atoms with Gasteiger partial charge in [0.25, 0.3) is 0 Å². The second-order valence-corrected chi connectivity index (χ2v) is 5.68. The summed E-state index contributed by atoms with van der Waals surface area (Å²) in [5, 5.41) is 9.36. The van der Waals surface area contributed by atoms with E-state index in [4.69, 9.17) is 4.74 Å². The van der Waals surface area contributed by atoms with E-state index in [1.165, 1.54) is 18.4 Å². The SMILES string of the molecule is OCC(COCC1CC1)Cc1ccccc1Br. The first-order valence-electron chi connectivity index (χ1n) is 6.21. The number of halogens is 1. The Kier molecular flexibility index (Phi) is 5.01. The van der Waals surface area contributed by atoms with Gasteiger partial charge in [-0.1, -0.05) is 34.1 Å². The van der Waals surface area contributed by atoms with Crippen LogP contribution in [0.4, 0.5) is 0 Å². The lowest BCUT2D eigenvalue weighted by molar-refractivity contribution is 0.0668. The van der Waals surface area contributed by atoms with E-state index < -0.39 is 0 Å². The van der Waals surface area contributed by atoms with Crippen molar-refractivity contribution in [2.75, 3.05) is 19.8 Å². The maximum Gasteiger partial charge on any atom is 0.0519 e. The Morgan fingerprint density at radius 1 is 1.35 bits per heavy atom. The summed E-state index contributed by atoms with van der Waals surface area (Å²) in [6.07, 6.45) is 3.49. The Labute approximate surface area is 111 Å². The molecule has 1 N–H and O–H groups in total. The third-order valence-corrected chi connectivity index (χ3v) is 3.90. The molecule has 0 heterocycles. The van der Waals surface area contributed by atoms with Crippen molar-refractivity contribution in [3.63, 3.8) is 0 Å². The monoisotopic (exact) mass is 298 g/mol. The zero-order chi connectivity index (χ0) is 12.1. The Balaban J connectivity index is 1.79. The third-order valence-electron chi connectivity index (χ3n) is 3.13. The summed E-state index contributed by atoms with van der Waals surface area (Å²) in [6.45, 7) is 1.72. The molecule has 0 bridgehead atoms. The highest BCUT2D eigenvalue weighted by atomic mass is 79.9. The van der Waals surface area contributed by atoms with Crippen LogP contribution in [0.15, 0.2) is 28.7 Å². The average Bonchev–Trinajstić information content (AvgIpc) is 3.14. The third kappa shape index (κ3) is 4.41. The van der Waals surface area contributed by atoms with Gasteiger partial charge in [0, 0.05) is 23.6 Å². The Morgan fingerprint density at radius 2 is 2.12 bits per heavy atom. The van der Waals surface area contributed by atoms with Gasteiger partial charge in [0.1, 0.15) is 0 Å². The number of ether oxygens (including phenoxy) is 1. The molecule has 1 fully saturated rings. The minimum atomic E-state index is 0.187. The van der Waals surface area contributed by atoms with Crippen molar-refractivity contribution < 1.29 is 9.84 Å². The van der Waals surface area contributed by atoms with Crippen LogP contribution >= 0.6 is 15.9 Å². The first-order valence-corrected chi connectivity index (χ1v) is 7.01. The molecular weight excluding hydrogens is 280 g/mol. The molecule has 1 aliphatic rings. The maximum atomic E-state index is 9.36. The first kappa shape index (κ1) is 13.1. The second kappa shape index (κ2) is 6.53. The van der Waals surface area contributed by atoms with Gasteiger partial charge in [-0.3, -0.25) is 0 Å². The second-order valence-electron chi connectivity index (χ2n) is 4.82. The Bertz CT molecular complexity index is 350. The molecular formula is C14H19BrO2. The van der Waals surface area contributed by atoms with Gasteiger partial charge in [0.2, 0.25) is 0 Å². The van der Waals surface area contributed by atoms with Gasteiger partial charge in [-0.05, 0) is 36.8 Å². The molecule has 1 aromatic carbocycles. The number of rotatable bonds is 7. The van der Waals surface area contributed by atoms with E-state index in [9.17, 15) is 5.11 Å². The van der Waals surface area contributed by atoms with Crippen LogP contribution in [0.25, 0.3) is 0 Å². The maximum absolute atomic E-state index is 9.36. The molecule has 0 amide bonds. The predicted octanol–water partition coefficient (Wildman–Crippen LogP) is 3.03. The summed E-state index contributed by atoms with van der Waals surface area (Å²) in [5.74, 6) is 0.991. The van der Waals surface area contributed by atoms with E-state index >= 15 is 0 Å². The number of aliphatic hydroxyl groups excluding tert-OH is 1. The van der Waals surface area contributed by atoms with E-state index in [-0.39, 0.29) is 12.5 Å². The van der Waals surface area contributed by atoms with Crippen molar-refractivity contribution in [3.05, 3.63) is 34.3 Å². The molecule has 2 rings (SSSR count). The predicted molar refractivity (Wildman–Crippen MR) is 72.0 cm³/mol. The van der Waals surface area contributed by atoms with Crippen LogP contribution in [0, 0.1) is 11.8 Å². The fourth-order valence-electron chi connectivity index (χ4n) is 1.84. The van der Waals surface area contributed by atoms with Gasteiger partial charge < -0.3 is 9.84 Å². The van der Waals surface area contributed by atoms with Crippen LogP contribution in [0.3, 0.4) is 0 Å². The normalized spacial score (nSPS) is 17.1. The summed E-state index contributed by atoms with van der Waals surface area (Å²) < 4.78 is 6.76. The highest BCUT2D eigenvalue weighted by molar-refractivity contribution is 9.10. The van der Waals surface area contributed by atoms with Crippen LogP contribution in [0.1, 0.15) is 18.4 Å². The minimum absolute atomic E-state index is 0.187. The smallest absolute Gasteiger partial charge is 0.0519 e. The van der Waals surface area contributed by atoms with Gasteiger partial charge in [0.15, 0.2) is 0 Å². The van der Waals surface area contributed by atoms with Gasteiger partial charge in [-0.2, -0.15) is 0 Å². The van der Waals surface area contributed by atoms with Crippen molar-refractivity contribution >= 4 is 15.9 Å². The summed E-state index contributed by atoms with van der Waals surface area (Å²) in [4.78, 5) is 0. The molecule has 1 aliphatic carbocycles. The molecule has 1 saturated carbocycles. The van der Waals surface area contributed by atoms with Crippen LogP contribution in [0.2, 0.25) is 0 Å². The molecule has 1 unspecified atom stereocenters. The fraction of sp³-hybridized carbons (Fsp3) is 0.571. The molecule has 0 aliphatic heterocycles. The molecule has 3 heteroatoms. The standard InChI is InChI=1S/C14H19BrO2/c15-14-4-2-1-3-13(14)7-12(8-16)10-17-9-11-5-6-11/h1-4,11-12,16H,5-10H2. The van der Waals surface area contributed by atoms with E-state index in [0.29, 0.717) is 6.61 Å². The zero-order valence-electron chi connectivity index (χ0n) is 9.94. The van der Waals surface area contributed by atoms with E-state index in [2.05, 4.69) is 22.0 Å². The largest absolute Gasteiger partial charge is 0.396 e. The molecule has 0 saturated heterocycles. The molecule has 0 spiro atoms. The van der Waals surface area contributed by atoms with Crippen LogP contribution < -0.4 is 0 Å². The summed E-state index contributed by atoms with van der Waals surface area (Å²) in [7, 11) is 0. The van der Waals surface area contributed by atoms with Crippen molar-refractivity contribution in [3.8, 4) is 0 Å². The minimum Gasteiger partial charge on any atom is -0.396 e. The molecule has 2 nitrogen and oxygen atoms in total.